The molecule has 0 aliphatic carbocycles. The third kappa shape index (κ3) is 22.8. The highest BCUT2D eigenvalue weighted by atomic mass is 16.3. The number of likely N-dealkylation sites (N-methyl/N-ethyl adjacent to an activating group) is 7. The second-order valence-electron chi connectivity index (χ2n) is 26.0. The topological polar surface area (TPSA) is 299 Å². The van der Waals surface area contributed by atoms with Crippen molar-refractivity contribution >= 4 is 70.9 Å². The van der Waals surface area contributed by atoms with E-state index < -0.39 is 169 Å². The Kier molecular flexibility index (Phi) is 32.4. The smallest absolute Gasteiger partial charge is 0.246 e. The lowest BCUT2D eigenvalue weighted by atomic mass is 9.91. The van der Waals surface area contributed by atoms with Gasteiger partial charge in [-0.05, 0) is 81.5 Å². The van der Waals surface area contributed by atoms with Crippen molar-refractivity contribution in [3.8, 4) is 0 Å². The van der Waals surface area contributed by atoms with Crippen LogP contribution in [0.3, 0.4) is 0 Å². The summed E-state index contributed by atoms with van der Waals surface area (Å²) in [6.45, 7) is 23.3. The first-order valence-electron chi connectivity index (χ1n) is 30.7. The minimum absolute atomic E-state index is 0.0781. The van der Waals surface area contributed by atoms with Gasteiger partial charge in [-0.1, -0.05) is 102 Å². The number of rotatable bonds is 16. The van der Waals surface area contributed by atoms with Crippen LogP contribution in [0.4, 0.5) is 0 Å². The van der Waals surface area contributed by atoms with Crippen LogP contribution in [-0.2, 0) is 57.5 Å². The van der Waals surface area contributed by atoms with Crippen LogP contribution in [0.1, 0.15) is 142 Å². The monoisotopic (exact) mass is 1230 g/mol. The quantitative estimate of drug-likeness (QED) is 0.138. The third-order valence-electron chi connectivity index (χ3n) is 16.0. The predicted molar refractivity (Wildman–Crippen MR) is 332 cm³/mol. The minimum atomic E-state index is -1.63. The van der Waals surface area contributed by atoms with Crippen molar-refractivity contribution in [1.29, 1.82) is 0 Å². The second-order valence-corrected chi connectivity index (χ2v) is 26.0. The number of allylic oxidation sites excluding steroid dienone is 2. The molecule has 2 unspecified atom stereocenters. The van der Waals surface area contributed by atoms with Gasteiger partial charge in [-0.15, -0.1) is 0 Å². The highest BCUT2D eigenvalue weighted by Gasteiger charge is 2.45. The van der Waals surface area contributed by atoms with Crippen LogP contribution in [0, 0.1) is 35.5 Å². The van der Waals surface area contributed by atoms with Gasteiger partial charge in [0, 0.05) is 63.4 Å². The van der Waals surface area contributed by atoms with Crippen molar-refractivity contribution in [3.05, 3.63) is 12.2 Å². The molecule has 11 atom stereocenters. The maximum absolute atomic E-state index is 15.1. The van der Waals surface area contributed by atoms with Gasteiger partial charge in [-0.2, -0.15) is 0 Å². The molecule has 5 N–H and O–H groups in total. The largest absolute Gasteiger partial charge is 0.390 e. The molecule has 496 valence electrons. The molecule has 0 radical (unpaired) electrons. The van der Waals surface area contributed by atoms with Crippen LogP contribution in [-0.4, -0.2) is 252 Å². The van der Waals surface area contributed by atoms with E-state index in [0.717, 1.165) is 14.7 Å². The fourth-order valence-corrected chi connectivity index (χ4v) is 10.5. The normalized spacial score (nSPS) is 25.6. The molecule has 1 fully saturated rings. The van der Waals surface area contributed by atoms with Crippen molar-refractivity contribution in [2.45, 2.75) is 202 Å². The molecule has 0 aromatic carbocycles. The van der Waals surface area contributed by atoms with Gasteiger partial charge in [0.15, 0.2) is 0 Å². The summed E-state index contributed by atoms with van der Waals surface area (Å²) < 4.78 is 0. The third-order valence-corrected chi connectivity index (χ3v) is 16.0. The minimum Gasteiger partial charge on any atom is -0.390 e. The first-order chi connectivity index (χ1) is 40.2. The molecule has 12 amide bonds. The predicted octanol–water partition coefficient (Wildman–Crippen LogP) is 1.70. The number of hydrogen-bond acceptors (Lipinski definition) is 13. The Morgan fingerprint density at radius 3 is 1.43 bits per heavy atom. The molecule has 0 aromatic heterocycles. The Hall–Kier alpha value is -6.66. The van der Waals surface area contributed by atoms with E-state index in [0.29, 0.717) is 12.8 Å². The number of aliphatic hydroxyl groups is 1. The van der Waals surface area contributed by atoms with Crippen molar-refractivity contribution in [2.24, 2.45) is 35.5 Å². The summed E-state index contributed by atoms with van der Waals surface area (Å²) in [7, 11) is 12.5. The summed E-state index contributed by atoms with van der Waals surface area (Å²) in [4.78, 5) is 182. The van der Waals surface area contributed by atoms with Gasteiger partial charge in [0.1, 0.15) is 54.4 Å². The van der Waals surface area contributed by atoms with E-state index >= 15 is 4.79 Å². The lowest BCUT2D eigenvalue weighted by Crippen LogP contribution is -2.63. The highest BCUT2D eigenvalue weighted by molar-refractivity contribution is 6.00. The Bertz CT molecular complexity index is 2410. The molecular formula is C62H110N12O13. The lowest BCUT2D eigenvalue weighted by molar-refractivity contribution is -0.156. The van der Waals surface area contributed by atoms with Crippen molar-refractivity contribution in [2.75, 3.05) is 76.5 Å². The van der Waals surface area contributed by atoms with Crippen molar-refractivity contribution in [3.63, 3.8) is 0 Å². The summed E-state index contributed by atoms with van der Waals surface area (Å²) >= 11 is 0. The highest BCUT2D eigenvalue weighted by Crippen LogP contribution is 2.24. The first kappa shape index (κ1) is 78.4. The summed E-state index contributed by atoms with van der Waals surface area (Å²) in [6, 6.07) is -11.9. The Morgan fingerprint density at radius 1 is 0.540 bits per heavy atom. The van der Waals surface area contributed by atoms with Crippen LogP contribution < -0.4 is 21.3 Å². The molecule has 1 heterocycles. The van der Waals surface area contributed by atoms with E-state index in [1.807, 2.05) is 41.5 Å². The number of carbonyl (C=O) groups excluding carboxylic acids is 12. The number of hydrogen-bond donors (Lipinski definition) is 5. The van der Waals surface area contributed by atoms with Gasteiger partial charge >= 0.3 is 0 Å². The van der Waals surface area contributed by atoms with Gasteiger partial charge in [0.05, 0.1) is 25.6 Å². The standard InChI is InChI=1S/C62H110N12O13/c1-24-26-28-40(13)53(78)52-57(82)64-42(27-25-2)58(83)68(17)33-48(76)70(19)44(29-35(3)4)56(81)66-50(38(9)10)61(86)72(21)45(30-36(5)6)55(80)63-41(14)54(79)65-43(32-47(75)67(15)16)59(84)69(18)34-49(77)71(20)46(31-37(7)8)60(85)73(22)51(39(11)12)62(87)74(52)23/h24,26,35-46,50-53,78H,25,27-34H2,1-23H3,(H,63,80)(H,64,82)(H,65,79)(H,66,81)/b26-24+/t40-,41-,42-,43?,44+,45+,46+,50+,51-,52?,53-/m1/s1. The number of carbonyl (C=O) groups is 12. The van der Waals surface area contributed by atoms with E-state index in [1.54, 1.807) is 60.6 Å². The molecular weight excluding hydrogens is 1120 g/mol. The van der Waals surface area contributed by atoms with Crippen LogP contribution in [0.15, 0.2) is 12.2 Å². The fraction of sp³-hybridized carbons (Fsp3) is 0.774. The molecule has 0 aromatic rings. The molecule has 25 heteroatoms. The van der Waals surface area contributed by atoms with Gasteiger partial charge in [0.25, 0.3) is 0 Å². The van der Waals surface area contributed by atoms with Gasteiger partial charge in [0.2, 0.25) is 70.9 Å². The number of amides is 12. The van der Waals surface area contributed by atoms with Crippen LogP contribution in [0.2, 0.25) is 0 Å². The SMILES string of the molecule is C/C=C/C[C@@H](C)[C@@H](O)C1C(=O)N[C@H](CCC)C(=O)N(C)CC(=O)N(C)[C@@H](CC(C)C)C(=O)N[C@@H](C(C)C)C(=O)N(C)[C@@H](CC(C)C)C(=O)N[C@H](C)C(=O)NC(CC(=O)N(C)C)C(=O)N(C)CC(=O)N(C)[C@@H](CC(C)C)C(=O)N(C)[C@H](C(C)C)C(=O)N1C. The second kappa shape index (κ2) is 36.0. The Balaban J connectivity index is 4.35. The van der Waals surface area contributed by atoms with E-state index in [2.05, 4.69) is 21.3 Å². The van der Waals surface area contributed by atoms with Crippen LogP contribution >= 0.6 is 0 Å². The van der Waals surface area contributed by atoms with Crippen molar-refractivity contribution < 1.29 is 62.6 Å². The average Bonchev–Trinajstić information content (AvgIpc) is 1.83. The molecule has 1 aliphatic rings. The van der Waals surface area contributed by atoms with E-state index in [4.69, 9.17) is 0 Å². The van der Waals surface area contributed by atoms with Crippen molar-refractivity contribution in [1.82, 2.24) is 60.5 Å². The summed E-state index contributed by atoms with van der Waals surface area (Å²) in [5, 5.41) is 23.0. The summed E-state index contributed by atoms with van der Waals surface area (Å²) in [6.07, 6.45) is 2.59. The Morgan fingerprint density at radius 2 is 0.977 bits per heavy atom. The van der Waals surface area contributed by atoms with E-state index in [1.165, 1.54) is 94.9 Å². The van der Waals surface area contributed by atoms with Crippen LogP contribution in [0.25, 0.3) is 0 Å². The van der Waals surface area contributed by atoms with E-state index in [-0.39, 0.29) is 43.4 Å². The zero-order chi connectivity index (χ0) is 67.4. The molecule has 0 saturated carbocycles. The molecule has 0 spiro atoms. The fourth-order valence-electron chi connectivity index (χ4n) is 10.5. The zero-order valence-electron chi connectivity index (χ0n) is 56.7. The first-order valence-corrected chi connectivity index (χ1v) is 30.7. The average molecular weight is 1230 g/mol. The number of aliphatic hydroxyl groups excluding tert-OH is 1. The summed E-state index contributed by atoms with van der Waals surface area (Å²) in [5.74, 6) is -11.0. The zero-order valence-corrected chi connectivity index (χ0v) is 56.7. The van der Waals surface area contributed by atoms with E-state index in [9.17, 15) is 57.8 Å². The molecule has 1 rings (SSSR count). The molecule has 1 aliphatic heterocycles. The number of nitrogens with zero attached hydrogens (tertiary/aromatic N) is 8. The van der Waals surface area contributed by atoms with Gasteiger partial charge < -0.3 is 65.6 Å². The molecule has 87 heavy (non-hydrogen) atoms. The number of nitrogens with one attached hydrogen (secondary N) is 4. The summed E-state index contributed by atoms with van der Waals surface area (Å²) in [5.41, 5.74) is 0. The molecule has 1 saturated heterocycles. The molecule has 0 bridgehead atoms. The Labute approximate surface area is 518 Å². The maximum atomic E-state index is 15.1. The van der Waals surface area contributed by atoms with Crippen LogP contribution in [0.5, 0.6) is 0 Å². The molecule has 25 nitrogen and oxygen atoms in total. The lowest BCUT2D eigenvalue weighted by Gasteiger charge is -2.41. The van der Waals surface area contributed by atoms with Gasteiger partial charge in [-0.25, -0.2) is 0 Å². The maximum Gasteiger partial charge on any atom is 0.246 e. The van der Waals surface area contributed by atoms with Gasteiger partial charge in [-0.3, -0.25) is 57.5 Å².